The monoisotopic (exact) mass is 483 g/mol. The van der Waals surface area contributed by atoms with Gasteiger partial charge in [0.25, 0.3) is 0 Å². The van der Waals surface area contributed by atoms with Crippen molar-refractivity contribution < 1.29 is 34.2 Å². The molecule has 3 atom stereocenters. The maximum absolute atomic E-state index is 12.9. The largest absolute Gasteiger partial charge is 0.508 e. The lowest BCUT2D eigenvalue weighted by Crippen LogP contribution is -2.57. The molecule has 9 N–H and O–H groups in total. The number of benzene rings is 1. The maximum Gasteiger partial charge on any atom is 0.326 e. The van der Waals surface area contributed by atoms with Crippen molar-refractivity contribution in [1.29, 1.82) is 0 Å². The van der Waals surface area contributed by atoms with Gasteiger partial charge in [0.05, 0.1) is 13.0 Å². The van der Waals surface area contributed by atoms with Crippen LogP contribution in [0.25, 0.3) is 0 Å². The molecule has 0 saturated heterocycles. The summed E-state index contributed by atoms with van der Waals surface area (Å²) in [5.41, 5.74) is 10.9. The molecule has 0 aliphatic heterocycles. The van der Waals surface area contributed by atoms with E-state index in [9.17, 15) is 34.2 Å². The van der Waals surface area contributed by atoms with Crippen LogP contribution in [0.1, 0.15) is 18.4 Å². The summed E-state index contributed by atoms with van der Waals surface area (Å²) in [6.07, 6.45) is 1.40. The Morgan fingerprint density at radius 1 is 0.970 bits per heavy atom. The van der Waals surface area contributed by atoms with Crippen molar-refractivity contribution in [3.05, 3.63) is 29.8 Å². The highest BCUT2D eigenvalue weighted by Gasteiger charge is 2.30. The van der Waals surface area contributed by atoms with Crippen molar-refractivity contribution in [2.24, 2.45) is 11.5 Å². The highest BCUT2D eigenvalue weighted by atomic mass is 32.2. The van der Waals surface area contributed by atoms with Crippen molar-refractivity contribution in [1.82, 2.24) is 16.0 Å². The van der Waals surface area contributed by atoms with Crippen molar-refractivity contribution >= 4 is 41.4 Å². The van der Waals surface area contributed by atoms with Gasteiger partial charge in [-0.05, 0) is 36.1 Å². The Morgan fingerprint density at radius 3 is 2.06 bits per heavy atom. The Morgan fingerprint density at radius 2 is 1.55 bits per heavy atom. The van der Waals surface area contributed by atoms with Crippen LogP contribution < -0.4 is 27.4 Å². The summed E-state index contributed by atoms with van der Waals surface area (Å²) in [6, 6.07) is 2.04. The maximum atomic E-state index is 12.9. The average Bonchev–Trinajstić information content (AvgIpc) is 2.76. The third-order valence-corrected chi connectivity index (χ3v) is 5.12. The number of carbonyl (C=O) groups excluding carboxylic acids is 4. The summed E-state index contributed by atoms with van der Waals surface area (Å²) in [5.74, 6) is -3.93. The van der Waals surface area contributed by atoms with E-state index in [1.54, 1.807) is 0 Å². The number of rotatable bonds is 14. The summed E-state index contributed by atoms with van der Waals surface area (Å²) < 4.78 is 0. The van der Waals surface area contributed by atoms with E-state index in [-0.39, 0.29) is 25.1 Å². The van der Waals surface area contributed by atoms with Crippen LogP contribution in [0.3, 0.4) is 0 Å². The van der Waals surface area contributed by atoms with Crippen LogP contribution in [0, 0.1) is 0 Å². The minimum absolute atomic E-state index is 0.00202. The van der Waals surface area contributed by atoms with Crippen molar-refractivity contribution in [3.8, 4) is 5.75 Å². The van der Waals surface area contributed by atoms with Gasteiger partial charge in [-0.25, -0.2) is 4.79 Å². The van der Waals surface area contributed by atoms with E-state index in [2.05, 4.69) is 16.0 Å². The Kier molecular flexibility index (Phi) is 11.7. The van der Waals surface area contributed by atoms with Crippen molar-refractivity contribution in [3.63, 3.8) is 0 Å². The van der Waals surface area contributed by atoms with Gasteiger partial charge < -0.3 is 37.6 Å². The molecule has 0 aromatic heterocycles. The van der Waals surface area contributed by atoms with E-state index >= 15 is 0 Å². The summed E-state index contributed by atoms with van der Waals surface area (Å²) in [5, 5.41) is 26.0. The number of phenolic OH excluding ortho intramolecular Hbond substituents is 1. The lowest BCUT2D eigenvalue weighted by molar-refractivity contribution is -0.143. The van der Waals surface area contributed by atoms with Gasteiger partial charge in [-0.2, -0.15) is 11.8 Å². The van der Waals surface area contributed by atoms with Gasteiger partial charge in [-0.1, -0.05) is 12.1 Å². The minimum atomic E-state index is -1.58. The second-order valence-corrected chi connectivity index (χ2v) is 8.09. The molecule has 1 rings (SSSR count). The quantitative estimate of drug-likeness (QED) is 0.156. The number of hydrogen-bond donors (Lipinski definition) is 7. The van der Waals surface area contributed by atoms with Crippen LogP contribution in [0.2, 0.25) is 0 Å². The molecule has 0 aliphatic rings. The van der Waals surface area contributed by atoms with E-state index in [0.29, 0.717) is 11.3 Å². The standard InChI is InChI=1S/C20H29N5O7S/c1-33-7-6-13(23-17(28)10-21)18(29)24-14(8-11-2-4-12(26)5-3-11)19(30)25-15(20(31)32)9-16(22)27/h2-5,13-15,26H,6-10,21H2,1H3,(H2,22,27)(H,23,28)(H,24,29)(H,25,30)(H,31,32). The highest BCUT2D eigenvalue weighted by Crippen LogP contribution is 2.12. The smallest absolute Gasteiger partial charge is 0.326 e. The summed E-state index contributed by atoms with van der Waals surface area (Å²) in [6.45, 7) is -0.326. The first-order valence-corrected chi connectivity index (χ1v) is 11.3. The number of nitrogens with one attached hydrogen (secondary N) is 3. The highest BCUT2D eigenvalue weighted by molar-refractivity contribution is 7.98. The fourth-order valence-corrected chi connectivity index (χ4v) is 3.25. The number of carboxylic acid groups (broad SMARTS) is 1. The van der Waals surface area contributed by atoms with Crippen LogP contribution in [-0.2, 0) is 30.4 Å². The molecule has 182 valence electrons. The number of carbonyl (C=O) groups is 5. The number of aromatic hydroxyl groups is 1. The normalized spacial score (nSPS) is 13.3. The van der Waals surface area contributed by atoms with Crippen LogP contribution in [0.4, 0.5) is 0 Å². The fourth-order valence-electron chi connectivity index (χ4n) is 2.78. The zero-order valence-corrected chi connectivity index (χ0v) is 18.9. The zero-order chi connectivity index (χ0) is 25.0. The third-order valence-electron chi connectivity index (χ3n) is 4.48. The number of nitrogens with two attached hydrogens (primary N) is 2. The van der Waals surface area contributed by atoms with Crippen molar-refractivity contribution in [2.75, 3.05) is 18.6 Å². The number of amides is 4. The molecule has 1 aromatic rings. The van der Waals surface area contributed by atoms with Crippen LogP contribution in [-0.4, -0.2) is 76.5 Å². The molecule has 1 aromatic carbocycles. The van der Waals surface area contributed by atoms with E-state index in [1.807, 2.05) is 6.26 Å². The molecule has 0 bridgehead atoms. The van der Waals surface area contributed by atoms with Gasteiger partial charge in [0, 0.05) is 6.42 Å². The molecule has 4 amide bonds. The number of carboxylic acids is 1. The lowest BCUT2D eigenvalue weighted by Gasteiger charge is -2.24. The van der Waals surface area contributed by atoms with E-state index in [1.165, 1.54) is 36.0 Å². The first-order valence-electron chi connectivity index (χ1n) is 9.95. The molecule has 0 radical (unpaired) electrons. The predicted molar refractivity (Wildman–Crippen MR) is 121 cm³/mol. The second-order valence-electron chi connectivity index (χ2n) is 7.11. The lowest BCUT2D eigenvalue weighted by atomic mass is 10.0. The number of primary amides is 1. The Labute approximate surface area is 194 Å². The molecule has 0 fully saturated rings. The Bertz CT molecular complexity index is 850. The number of phenols is 1. The average molecular weight is 484 g/mol. The molecule has 13 heteroatoms. The Hall–Kier alpha value is -3.32. The van der Waals surface area contributed by atoms with Crippen LogP contribution in [0.15, 0.2) is 24.3 Å². The number of hydrogen-bond acceptors (Lipinski definition) is 8. The summed E-state index contributed by atoms with van der Waals surface area (Å²) in [4.78, 5) is 60.0. The first kappa shape index (κ1) is 27.7. The van der Waals surface area contributed by atoms with Gasteiger partial charge in [0.2, 0.25) is 23.6 Å². The molecule has 0 aliphatic carbocycles. The molecule has 12 nitrogen and oxygen atoms in total. The minimum Gasteiger partial charge on any atom is -0.508 e. The second kappa shape index (κ2) is 14.0. The molecule has 3 unspecified atom stereocenters. The van der Waals surface area contributed by atoms with Gasteiger partial charge in [0.15, 0.2) is 0 Å². The van der Waals surface area contributed by atoms with E-state index in [4.69, 9.17) is 11.5 Å². The molecular weight excluding hydrogens is 454 g/mol. The van der Waals surface area contributed by atoms with Crippen LogP contribution in [0.5, 0.6) is 5.75 Å². The van der Waals surface area contributed by atoms with Crippen LogP contribution >= 0.6 is 11.8 Å². The van der Waals surface area contributed by atoms with Gasteiger partial charge in [0.1, 0.15) is 23.9 Å². The summed E-state index contributed by atoms with van der Waals surface area (Å²) >= 11 is 1.45. The molecule has 0 spiro atoms. The first-order chi connectivity index (χ1) is 15.6. The Balaban J connectivity index is 3.10. The molecule has 33 heavy (non-hydrogen) atoms. The fraction of sp³-hybridized carbons (Fsp3) is 0.450. The zero-order valence-electron chi connectivity index (χ0n) is 18.1. The van der Waals surface area contributed by atoms with Gasteiger partial charge >= 0.3 is 5.97 Å². The van der Waals surface area contributed by atoms with Gasteiger partial charge in [-0.3, -0.25) is 19.2 Å². The topological polar surface area (TPSA) is 214 Å². The predicted octanol–water partition coefficient (Wildman–Crippen LogP) is -1.94. The molecular formula is C20H29N5O7S. The number of thioether (sulfide) groups is 1. The van der Waals surface area contributed by atoms with Crippen molar-refractivity contribution in [2.45, 2.75) is 37.4 Å². The molecule has 0 saturated carbocycles. The van der Waals surface area contributed by atoms with E-state index in [0.717, 1.165) is 0 Å². The SMILES string of the molecule is CSCCC(NC(=O)CN)C(=O)NC(Cc1ccc(O)cc1)C(=O)NC(CC(N)=O)C(=O)O. The van der Waals surface area contributed by atoms with E-state index < -0.39 is 54.1 Å². The van der Waals surface area contributed by atoms with Gasteiger partial charge in [-0.15, -0.1) is 0 Å². The molecule has 0 heterocycles. The number of aliphatic carboxylic acids is 1. The summed E-state index contributed by atoms with van der Waals surface area (Å²) in [7, 11) is 0. The third kappa shape index (κ3) is 10.2.